The van der Waals surface area contributed by atoms with Gasteiger partial charge in [-0.05, 0) is 30.9 Å². The van der Waals surface area contributed by atoms with E-state index in [1.54, 1.807) is 0 Å². The number of likely N-dealkylation sites (tertiary alicyclic amines) is 1. The summed E-state index contributed by atoms with van der Waals surface area (Å²) in [6, 6.07) is 20.7. The SMILES string of the molecule is C[C@H](NC(=O)N1CCC(OCc2ccccc2)CC1)C(C)(C)c1ccccc1. The molecule has 150 valence electrons. The van der Waals surface area contributed by atoms with E-state index < -0.39 is 0 Å². The van der Waals surface area contributed by atoms with Crippen molar-refractivity contribution in [3.63, 3.8) is 0 Å². The van der Waals surface area contributed by atoms with Gasteiger partial charge in [-0.3, -0.25) is 0 Å². The minimum atomic E-state index is -0.131. The first-order valence-corrected chi connectivity index (χ1v) is 10.2. The third kappa shape index (κ3) is 5.14. The Morgan fingerprint density at radius 2 is 1.64 bits per heavy atom. The van der Waals surface area contributed by atoms with Gasteiger partial charge in [0.1, 0.15) is 0 Å². The third-order valence-corrected chi connectivity index (χ3v) is 6.00. The van der Waals surface area contributed by atoms with Crippen LogP contribution < -0.4 is 5.32 Å². The van der Waals surface area contributed by atoms with Crippen molar-refractivity contribution in [1.29, 1.82) is 0 Å². The average Bonchev–Trinajstić information content (AvgIpc) is 2.74. The molecule has 2 amide bonds. The number of amides is 2. The van der Waals surface area contributed by atoms with Crippen molar-refractivity contribution < 1.29 is 9.53 Å². The number of hydrogen-bond donors (Lipinski definition) is 1. The molecule has 1 atom stereocenters. The predicted octanol–water partition coefficient (Wildman–Crippen LogP) is 4.74. The van der Waals surface area contributed by atoms with Crippen molar-refractivity contribution in [3.05, 3.63) is 71.8 Å². The number of nitrogens with one attached hydrogen (secondary N) is 1. The molecule has 1 heterocycles. The maximum Gasteiger partial charge on any atom is 0.317 e. The van der Waals surface area contributed by atoms with Gasteiger partial charge in [-0.15, -0.1) is 0 Å². The molecule has 1 aliphatic heterocycles. The van der Waals surface area contributed by atoms with Crippen LogP contribution in [0, 0.1) is 0 Å². The van der Waals surface area contributed by atoms with Crippen LogP contribution in [-0.4, -0.2) is 36.2 Å². The molecule has 3 rings (SSSR count). The van der Waals surface area contributed by atoms with E-state index in [2.05, 4.69) is 50.4 Å². The number of urea groups is 1. The van der Waals surface area contributed by atoms with Gasteiger partial charge in [0, 0.05) is 24.5 Å². The minimum Gasteiger partial charge on any atom is -0.373 e. The number of benzene rings is 2. The first kappa shape index (κ1) is 20.4. The molecule has 0 aliphatic carbocycles. The van der Waals surface area contributed by atoms with Gasteiger partial charge in [-0.25, -0.2) is 4.79 Å². The van der Waals surface area contributed by atoms with Crippen molar-refractivity contribution in [3.8, 4) is 0 Å². The van der Waals surface area contributed by atoms with Crippen LogP contribution in [0.2, 0.25) is 0 Å². The van der Waals surface area contributed by atoms with Gasteiger partial charge in [0.15, 0.2) is 0 Å². The van der Waals surface area contributed by atoms with Crippen LogP contribution in [0.5, 0.6) is 0 Å². The molecule has 1 N–H and O–H groups in total. The molecular formula is C24H32N2O2. The van der Waals surface area contributed by atoms with Gasteiger partial charge in [0.2, 0.25) is 0 Å². The second-order valence-electron chi connectivity index (χ2n) is 8.24. The van der Waals surface area contributed by atoms with Crippen molar-refractivity contribution in [2.24, 2.45) is 0 Å². The van der Waals surface area contributed by atoms with Gasteiger partial charge < -0.3 is 15.0 Å². The quantitative estimate of drug-likeness (QED) is 0.786. The Morgan fingerprint density at radius 1 is 1.07 bits per heavy atom. The summed E-state index contributed by atoms with van der Waals surface area (Å²) < 4.78 is 6.03. The van der Waals surface area contributed by atoms with Crippen molar-refractivity contribution >= 4 is 6.03 Å². The molecule has 1 fully saturated rings. The number of nitrogens with zero attached hydrogens (tertiary/aromatic N) is 1. The molecule has 0 radical (unpaired) electrons. The number of carbonyl (C=O) groups is 1. The fourth-order valence-electron chi connectivity index (χ4n) is 3.59. The lowest BCUT2D eigenvalue weighted by molar-refractivity contribution is 0.00417. The summed E-state index contributed by atoms with van der Waals surface area (Å²) in [5, 5.41) is 3.21. The summed E-state index contributed by atoms with van der Waals surface area (Å²) >= 11 is 0. The lowest BCUT2D eigenvalue weighted by atomic mass is 9.78. The second kappa shape index (κ2) is 9.24. The first-order valence-electron chi connectivity index (χ1n) is 10.2. The average molecular weight is 381 g/mol. The highest BCUT2D eigenvalue weighted by Crippen LogP contribution is 2.27. The summed E-state index contributed by atoms with van der Waals surface area (Å²) in [7, 11) is 0. The zero-order valence-corrected chi connectivity index (χ0v) is 17.2. The Kier molecular flexibility index (Phi) is 6.74. The molecule has 1 aliphatic rings. The van der Waals surface area contributed by atoms with Crippen LogP contribution >= 0.6 is 0 Å². The number of ether oxygens (including phenoxy) is 1. The van der Waals surface area contributed by atoms with E-state index in [1.165, 1.54) is 11.1 Å². The highest BCUT2D eigenvalue weighted by Gasteiger charge is 2.31. The van der Waals surface area contributed by atoms with E-state index in [0.717, 1.165) is 25.9 Å². The number of rotatable bonds is 6. The molecule has 0 bridgehead atoms. The zero-order chi connectivity index (χ0) is 20.0. The topological polar surface area (TPSA) is 41.6 Å². The predicted molar refractivity (Wildman–Crippen MR) is 113 cm³/mol. The Morgan fingerprint density at radius 3 is 2.25 bits per heavy atom. The van der Waals surface area contributed by atoms with Crippen molar-refractivity contribution in [2.75, 3.05) is 13.1 Å². The Balaban J connectivity index is 1.46. The maximum atomic E-state index is 12.7. The van der Waals surface area contributed by atoms with Crippen LogP contribution in [0.3, 0.4) is 0 Å². The summed E-state index contributed by atoms with van der Waals surface area (Å²) in [5.74, 6) is 0. The Bertz CT molecular complexity index is 738. The Labute approximate surface area is 168 Å². The van der Waals surface area contributed by atoms with Gasteiger partial charge in [0.05, 0.1) is 12.7 Å². The standard InChI is InChI=1S/C24H32N2O2/c1-19(24(2,3)21-12-8-5-9-13-21)25-23(27)26-16-14-22(15-17-26)28-18-20-10-6-4-7-11-20/h4-13,19,22H,14-18H2,1-3H3,(H,25,27)/t19-/m0/s1. The summed E-state index contributed by atoms with van der Waals surface area (Å²) in [5.41, 5.74) is 2.30. The van der Waals surface area contributed by atoms with Crippen LogP contribution in [0.4, 0.5) is 4.79 Å². The van der Waals surface area contributed by atoms with E-state index in [1.807, 2.05) is 41.3 Å². The van der Waals surface area contributed by atoms with Gasteiger partial charge in [-0.1, -0.05) is 74.5 Å². The maximum absolute atomic E-state index is 12.7. The third-order valence-electron chi connectivity index (χ3n) is 6.00. The molecule has 4 nitrogen and oxygen atoms in total. The first-order chi connectivity index (χ1) is 13.5. The van der Waals surface area contributed by atoms with E-state index in [4.69, 9.17) is 4.74 Å². The van der Waals surface area contributed by atoms with Gasteiger partial charge >= 0.3 is 6.03 Å². The van der Waals surface area contributed by atoms with E-state index in [0.29, 0.717) is 6.61 Å². The molecule has 0 unspecified atom stereocenters. The molecule has 0 aromatic heterocycles. The highest BCUT2D eigenvalue weighted by molar-refractivity contribution is 5.74. The number of piperidine rings is 1. The molecule has 0 spiro atoms. The van der Waals surface area contributed by atoms with E-state index >= 15 is 0 Å². The largest absolute Gasteiger partial charge is 0.373 e. The molecule has 28 heavy (non-hydrogen) atoms. The molecule has 1 saturated heterocycles. The summed E-state index contributed by atoms with van der Waals surface area (Å²) in [4.78, 5) is 14.7. The molecule has 4 heteroatoms. The fraction of sp³-hybridized carbons (Fsp3) is 0.458. The van der Waals surface area contributed by atoms with Crippen LogP contribution in [-0.2, 0) is 16.8 Å². The smallest absolute Gasteiger partial charge is 0.317 e. The van der Waals surface area contributed by atoms with Crippen molar-refractivity contribution in [1.82, 2.24) is 10.2 Å². The van der Waals surface area contributed by atoms with Crippen LogP contribution in [0.15, 0.2) is 60.7 Å². The number of carbonyl (C=O) groups excluding carboxylic acids is 1. The highest BCUT2D eigenvalue weighted by atomic mass is 16.5. The summed E-state index contributed by atoms with van der Waals surface area (Å²) in [6.07, 6.45) is 2.00. The molecule has 2 aromatic rings. The molecule has 2 aromatic carbocycles. The zero-order valence-electron chi connectivity index (χ0n) is 17.2. The Hall–Kier alpha value is -2.33. The molecular weight excluding hydrogens is 348 g/mol. The fourth-order valence-corrected chi connectivity index (χ4v) is 3.59. The van der Waals surface area contributed by atoms with E-state index in [9.17, 15) is 4.79 Å². The monoisotopic (exact) mass is 380 g/mol. The normalized spacial score (nSPS) is 16.6. The van der Waals surface area contributed by atoms with Crippen molar-refractivity contribution in [2.45, 2.75) is 57.8 Å². The number of hydrogen-bond acceptors (Lipinski definition) is 2. The van der Waals surface area contributed by atoms with E-state index in [-0.39, 0.29) is 23.6 Å². The molecule has 0 saturated carbocycles. The lowest BCUT2D eigenvalue weighted by Gasteiger charge is -2.37. The van der Waals surface area contributed by atoms with Crippen LogP contribution in [0.1, 0.15) is 44.7 Å². The van der Waals surface area contributed by atoms with Gasteiger partial charge in [-0.2, -0.15) is 0 Å². The second-order valence-corrected chi connectivity index (χ2v) is 8.24. The van der Waals surface area contributed by atoms with Crippen LogP contribution in [0.25, 0.3) is 0 Å². The summed E-state index contributed by atoms with van der Waals surface area (Å²) in [6.45, 7) is 8.56. The van der Waals surface area contributed by atoms with Gasteiger partial charge in [0.25, 0.3) is 0 Å². The lowest BCUT2D eigenvalue weighted by Crippen LogP contribution is -2.52. The minimum absolute atomic E-state index is 0.0259.